The molecule has 1 saturated heterocycles. The number of hydrogen-bond acceptors (Lipinski definition) is 4. The maximum absolute atomic E-state index is 13.1. The molecule has 0 unspecified atom stereocenters. The molecule has 4 rings (SSSR count). The molecule has 0 saturated carbocycles. The normalized spacial score (nSPS) is 19.3. The van der Waals surface area contributed by atoms with Crippen molar-refractivity contribution in [3.05, 3.63) is 59.7 Å². The fourth-order valence-corrected chi connectivity index (χ4v) is 5.36. The van der Waals surface area contributed by atoms with Gasteiger partial charge in [-0.05, 0) is 74.2 Å². The van der Waals surface area contributed by atoms with Crippen LogP contribution in [-0.4, -0.2) is 45.0 Å². The van der Waals surface area contributed by atoms with E-state index >= 15 is 0 Å². The van der Waals surface area contributed by atoms with Crippen molar-refractivity contribution >= 4 is 10.0 Å². The summed E-state index contributed by atoms with van der Waals surface area (Å²) in [4.78, 5) is 0.422. The van der Waals surface area contributed by atoms with Crippen molar-refractivity contribution in [3.8, 4) is 5.75 Å². The van der Waals surface area contributed by atoms with Gasteiger partial charge in [-0.3, -0.25) is 0 Å². The van der Waals surface area contributed by atoms with E-state index in [0.717, 1.165) is 37.2 Å². The first-order valence-corrected chi connectivity index (χ1v) is 11.1. The number of sulfonamides is 1. The van der Waals surface area contributed by atoms with Gasteiger partial charge in [0, 0.05) is 13.1 Å². The third-order valence-electron chi connectivity index (χ3n) is 5.40. The lowest BCUT2D eigenvalue weighted by Gasteiger charge is -2.31. The number of nitrogens with zero attached hydrogens (tertiary/aromatic N) is 1. The van der Waals surface area contributed by atoms with E-state index in [2.05, 4.69) is 5.32 Å². The lowest BCUT2D eigenvalue weighted by molar-refractivity contribution is 0.135. The van der Waals surface area contributed by atoms with Gasteiger partial charge in [-0.25, -0.2) is 8.42 Å². The predicted octanol–water partition coefficient (Wildman–Crippen LogP) is 2.61. The second kappa shape index (κ2) is 8.00. The van der Waals surface area contributed by atoms with Gasteiger partial charge in [0.1, 0.15) is 11.9 Å². The quantitative estimate of drug-likeness (QED) is 0.878. The summed E-state index contributed by atoms with van der Waals surface area (Å²) in [6.07, 6.45) is 3.33. The summed E-state index contributed by atoms with van der Waals surface area (Å²) in [5.74, 6) is 0.846. The zero-order chi connectivity index (χ0) is 18.7. The van der Waals surface area contributed by atoms with Gasteiger partial charge in [-0.15, -0.1) is 0 Å². The maximum atomic E-state index is 13.1. The van der Waals surface area contributed by atoms with Gasteiger partial charge in [0.05, 0.1) is 4.90 Å². The van der Waals surface area contributed by atoms with E-state index in [-0.39, 0.29) is 6.10 Å². The first-order valence-electron chi connectivity index (χ1n) is 9.67. The molecular formula is C21H26N2O3S. The highest BCUT2D eigenvalue weighted by Crippen LogP contribution is 2.26. The second-order valence-corrected chi connectivity index (χ2v) is 9.15. The van der Waals surface area contributed by atoms with E-state index in [0.29, 0.717) is 30.8 Å². The minimum Gasteiger partial charge on any atom is -0.490 e. The van der Waals surface area contributed by atoms with Crippen LogP contribution in [0.25, 0.3) is 0 Å². The summed E-state index contributed by atoms with van der Waals surface area (Å²) < 4.78 is 33.8. The van der Waals surface area contributed by atoms with Gasteiger partial charge >= 0.3 is 0 Å². The van der Waals surface area contributed by atoms with E-state index in [9.17, 15) is 8.42 Å². The molecule has 0 radical (unpaired) electrons. The van der Waals surface area contributed by atoms with E-state index in [1.54, 1.807) is 10.4 Å². The Bertz CT molecular complexity index is 876. The monoisotopic (exact) mass is 386 g/mol. The van der Waals surface area contributed by atoms with Gasteiger partial charge in [0.25, 0.3) is 0 Å². The average molecular weight is 387 g/mol. The van der Waals surface area contributed by atoms with Gasteiger partial charge in [0.15, 0.2) is 0 Å². The molecule has 144 valence electrons. The smallest absolute Gasteiger partial charge is 0.243 e. The van der Waals surface area contributed by atoms with Crippen LogP contribution < -0.4 is 10.1 Å². The Kier molecular flexibility index (Phi) is 5.48. The molecule has 0 aliphatic carbocycles. The fourth-order valence-electron chi connectivity index (χ4n) is 3.84. The van der Waals surface area contributed by atoms with Crippen molar-refractivity contribution in [3.63, 3.8) is 0 Å². The first-order chi connectivity index (χ1) is 13.1. The van der Waals surface area contributed by atoms with Crippen LogP contribution in [0.5, 0.6) is 5.75 Å². The van der Waals surface area contributed by atoms with E-state index < -0.39 is 10.0 Å². The lowest BCUT2D eigenvalue weighted by atomic mass is 10.0. The molecule has 2 aliphatic heterocycles. The number of hydrogen-bond donors (Lipinski definition) is 1. The molecular weight excluding hydrogens is 360 g/mol. The summed E-state index contributed by atoms with van der Waals surface area (Å²) in [5.41, 5.74) is 2.41. The zero-order valence-electron chi connectivity index (χ0n) is 15.4. The third kappa shape index (κ3) is 4.18. The topological polar surface area (TPSA) is 58.6 Å². The van der Waals surface area contributed by atoms with E-state index in [1.807, 2.05) is 42.5 Å². The highest BCUT2D eigenvalue weighted by Gasteiger charge is 2.30. The Morgan fingerprint density at radius 2 is 1.63 bits per heavy atom. The Hall–Kier alpha value is -1.89. The van der Waals surface area contributed by atoms with Crippen LogP contribution in [0, 0.1) is 0 Å². The first kappa shape index (κ1) is 18.5. The molecule has 6 heteroatoms. The van der Waals surface area contributed by atoms with Crippen LogP contribution in [-0.2, 0) is 22.9 Å². The van der Waals surface area contributed by atoms with Crippen molar-refractivity contribution < 1.29 is 13.2 Å². The Morgan fingerprint density at radius 1 is 0.926 bits per heavy atom. The van der Waals surface area contributed by atoms with Crippen LogP contribution in [0.2, 0.25) is 0 Å². The van der Waals surface area contributed by atoms with Crippen LogP contribution in [0.4, 0.5) is 0 Å². The third-order valence-corrected chi connectivity index (χ3v) is 7.30. The SMILES string of the molecule is O=S(=O)(c1ccc2c(c1)CCNCC2)N1CCC(Oc2ccccc2)CC1. The Balaban J connectivity index is 1.43. The Labute approximate surface area is 161 Å². The number of ether oxygens (including phenoxy) is 1. The minimum absolute atomic E-state index is 0.0666. The largest absolute Gasteiger partial charge is 0.490 e. The fraction of sp³-hybridized carbons (Fsp3) is 0.429. The molecule has 0 atom stereocenters. The zero-order valence-corrected chi connectivity index (χ0v) is 16.2. The van der Waals surface area contributed by atoms with Crippen molar-refractivity contribution in [1.82, 2.24) is 9.62 Å². The van der Waals surface area contributed by atoms with Crippen LogP contribution in [0.1, 0.15) is 24.0 Å². The highest BCUT2D eigenvalue weighted by molar-refractivity contribution is 7.89. The second-order valence-electron chi connectivity index (χ2n) is 7.21. The number of nitrogens with one attached hydrogen (secondary N) is 1. The van der Waals surface area contributed by atoms with Crippen molar-refractivity contribution in [1.29, 1.82) is 0 Å². The van der Waals surface area contributed by atoms with Crippen LogP contribution in [0.15, 0.2) is 53.4 Å². The lowest BCUT2D eigenvalue weighted by Crippen LogP contribution is -2.41. The molecule has 1 fully saturated rings. The van der Waals surface area contributed by atoms with Crippen LogP contribution >= 0.6 is 0 Å². The van der Waals surface area contributed by atoms with Gasteiger partial charge in [0.2, 0.25) is 10.0 Å². The minimum atomic E-state index is -3.45. The molecule has 0 aromatic heterocycles. The summed E-state index contributed by atoms with van der Waals surface area (Å²) in [6.45, 7) is 2.85. The molecule has 2 heterocycles. The number of rotatable bonds is 4. The van der Waals surface area contributed by atoms with Gasteiger partial charge < -0.3 is 10.1 Å². The van der Waals surface area contributed by atoms with Crippen molar-refractivity contribution in [2.75, 3.05) is 26.2 Å². The van der Waals surface area contributed by atoms with Crippen molar-refractivity contribution in [2.45, 2.75) is 36.7 Å². The molecule has 0 amide bonds. The van der Waals surface area contributed by atoms with Crippen molar-refractivity contribution in [2.24, 2.45) is 0 Å². The highest BCUT2D eigenvalue weighted by atomic mass is 32.2. The summed E-state index contributed by atoms with van der Waals surface area (Å²) in [7, 11) is -3.45. The summed E-state index contributed by atoms with van der Waals surface area (Å²) >= 11 is 0. The molecule has 2 aromatic rings. The van der Waals surface area contributed by atoms with E-state index in [4.69, 9.17) is 4.74 Å². The molecule has 0 spiro atoms. The number of piperidine rings is 1. The van der Waals surface area contributed by atoms with Crippen LogP contribution in [0.3, 0.4) is 0 Å². The molecule has 2 aromatic carbocycles. The predicted molar refractivity (Wildman–Crippen MR) is 106 cm³/mol. The molecule has 27 heavy (non-hydrogen) atoms. The summed E-state index contributed by atoms with van der Waals surface area (Å²) in [5, 5.41) is 3.37. The van der Waals surface area contributed by atoms with Gasteiger partial charge in [-0.2, -0.15) is 4.31 Å². The average Bonchev–Trinajstić information content (AvgIpc) is 2.94. The number of para-hydroxylation sites is 1. The molecule has 1 N–H and O–H groups in total. The number of fused-ring (bicyclic) bond motifs is 1. The van der Waals surface area contributed by atoms with E-state index in [1.165, 1.54) is 5.56 Å². The maximum Gasteiger partial charge on any atom is 0.243 e. The van der Waals surface area contributed by atoms with Gasteiger partial charge in [-0.1, -0.05) is 24.3 Å². The molecule has 2 aliphatic rings. The number of benzene rings is 2. The standard InChI is InChI=1S/C21H26N2O3S/c24-27(25,21-7-6-17-8-12-22-13-9-18(17)16-21)23-14-10-20(11-15-23)26-19-4-2-1-3-5-19/h1-7,16,20,22H,8-15H2. The molecule has 0 bridgehead atoms. The summed E-state index contributed by atoms with van der Waals surface area (Å²) in [6, 6.07) is 15.4. The Morgan fingerprint density at radius 3 is 2.37 bits per heavy atom. The molecule has 5 nitrogen and oxygen atoms in total.